The van der Waals surface area contributed by atoms with Gasteiger partial charge in [-0.3, -0.25) is 4.79 Å². The van der Waals surface area contributed by atoms with Crippen molar-refractivity contribution in [2.75, 3.05) is 5.75 Å². The fourth-order valence-electron chi connectivity index (χ4n) is 2.11. The SMILES string of the molecule is O=C(CSC(c1ccc(Cl)cc1)c1ccc(Cl)cc1)CC(F)(F)F. The first kappa shape index (κ1) is 19.2. The van der Waals surface area contributed by atoms with Crippen molar-refractivity contribution in [3.05, 3.63) is 69.7 Å². The zero-order valence-corrected chi connectivity index (χ0v) is 14.6. The zero-order chi connectivity index (χ0) is 17.7. The standard InChI is InChI=1S/C17H13Cl2F3OS/c18-13-5-1-11(2-6-13)16(12-3-7-14(19)8-4-12)24-10-15(23)9-17(20,21)22/h1-8,16H,9-10H2. The molecule has 2 rings (SSSR count). The first-order chi connectivity index (χ1) is 11.2. The molecule has 0 fully saturated rings. The molecule has 0 aliphatic heterocycles. The second kappa shape index (κ2) is 8.28. The molecule has 0 N–H and O–H groups in total. The monoisotopic (exact) mass is 392 g/mol. The van der Waals surface area contributed by atoms with Crippen LogP contribution in [-0.2, 0) is 4.79 Å². The van der Waals surface area contributed by atoms with Crippen molar-refractivity contribution in [1.82, 2.24) is 0 Å². The quantitative estimate of drug-likeness (QED) is 0.570. The van der Waals surface area contributed by atoms with Gasteiger partial charge in [-0.15, -0.1) is 11.8 Å². The Morgan fingerprint density at radius 3 is 1.71 bits per heavy atom. The molecule has 7 heteroatoms. The van der Waals surface area contributed by atoms with Gasteiger partial charge in [0.15, 0.2) is 5.78 Å². The molecule has 0 spiro atoms. The van der Waals surface area contributed by atoms with Crippen molar-refractivity contribution in [1.29, 1.82) is 0 Å². The van der Waals surface area contributed by atoms with E-state index in [2.05, 4.69) is 0 Å². The summed E-state index contributed by atoms with van der Waals surface area (Å²) in [6, 6.07) is 14.0. The fraction of sp³-hybridized carbons (Fsp3) is 0.235. The van der Waals surface area contributed by atoms with Gasteiger partial charge in [-0.1, -0.05) is 47.5 Å². The van der Waals surface area contributed by atoms with Crippen LogP contribution in [0.15, 0.2) is 48.5 Å². The van der Waals surface area contributed by atoms with Crippen LogP contribution in [0.3, 0.4) is 0 Å². The lowest BCUT2D eigenvalue weighted by Crippen LogP contribution is -2.17. The van der Waals surface area contributed by atoms with Gasteiger partial charge in [0.05, 0.1) is 11.0 Å². The summed E-state index contributed by atoms with van der Waals surface area (Å²) in [6.07, 6.45) is -5.89. The topological polar surface area (TPSA) is 17.1 Å². The Bertz CT molecular complexity index is 639. The molecule has 0 saturated heterocycles. The predicted molar refractivity (Wildman–Crippen MR) is 92.9 cm³/mol. The van der Waals surface area contributed by atoms with Crippen molar-refractivity contribution in [3.63, 3.8) is 0 Å². The summed E-state index contributed by atoms with van der Waals surface area (Å²) in [4.78, 5) is 11.6. The van der Waals surface area contributed by atoms with Gasteiger partial charge in [0.2, 0.25) is 0 Å². The summed E-state index contributed by atoms with van der Waals surface area (Å²) in [5, 5.41) is 0.843. The number of hydrogen-bond donors (Lipinski definition) is 0. The van der Waals surface area contributed by atoms with E-state index in [4.69, 9.17) is 23.2 Å². The Morgan fingerprint density at radius 2 is 1.33 bits per heavy atom. The van der Waals surface area contributed by atoms with Crippen molar-refractivity contribution < 1.29 is 18.0 Å². The second-order valence-electron chi connectivity index (χ2n) is 5.12. The van der Waals surface area contributed by atoms with Gasteiger partial charge in [0, 0.05) is 10.0 Å². The van der Waals surface area contributed by atoms with Crippen LogP contribution in [0.4, 0.5) is 13.2 Å². The number of ketones is 1. The van der Waals surface area contributed by atoms with Gasteiger partial charge in [-0.2, -0.15) is 13.2 Å². The van der Waals surface area contributed by atoms with Crippen LogP contribution in [0.2, 0.25) is 10.0 Å². The third-order valence-corrected chi connectivity index (χ3v) is 5.02. The smallest absolute Gasteiger partial charge is 0.298 e. The molecule has 0 saturated carbocycles. The van der Waals surface area contributed by atoms with E-state index in [0.29, 0.717) is 10.0 Å². The number of carbonyl (C=O) groups is 1. The first-order valence-corrected chi connectivity index (χ1v) is 8.76. The highest BCUT2D eigenvalue weighted by atomic mass is 35.5. The van der Waals surface area contributed by atoms with Gasteiger partial charge in [-0.05, 0) is 35.4 Å². The Hall–Kier alpha value is -1.17. The van der Waals surface area contributed by atoms with Gasteiger partial charge >= 0.3 is 6.18 Å². The highest BCUT2D eigenvalue weighted by Crippen LogP contribution is 2.37. The number of carbonyl (C=O) groups excluding carboxylic acids is 1. The van der Waals surface area contributed by atoms with Crippen LogP contribution in [0.1, 0.15) is 22.8 Å². The molecule has 1 nitrogen and oxygen atoms in total. The van der Waals surface area contributed by atoms with Gasteiger partial charge in [-0.25, -0.2) is 0 Å². The summed E-state index contributed by atoms with van der Waals surface area (Å²) < 4.78 is 36.9. The molecular weight excluding hydrogens is 380 g/mol. The van der Waals surface area contributed by atoms with Crippen LogP contribution in [0.25, 0.3) is 0 Å². The van der Waals surface area contributed by atoms with Crippen molar-refractivity contribution >= 4 is 40.7 Å². The van der Waals surface area contributed by atoms with Crippen LogP contribution >= 0.6 is 35.0 Å². The highest BCUT2D eigenvalue weighted by molar-refractivity contribution is 8.00. The summed E-state index contributed by atoms with van der Waals surface area (Å²) in [6.45, 7) is 0. The number of Topliss-reactive ketones (excluding diaryl/α,β-unsaturated/α-hetero) is 1. The van der Waals surface area contributed by atoms with E-state index in [0.717, 1.165) is 22.9 Å². The van der Waals surface area contributed by atoms with Gasteiger partial charge in [0.1, 0.15) is 6.42 Å². The van der Waals surface area contributed by atoms with Crippen molar-refractivity contribution in [2.45, 2.75) is 17.8 Å². The minimum Gasteiger partial charge on any atom is -0.298 e. The number of thioether (sulfide) groups is 1. The number of alkyl halides is 3. The maximum absolute atomic E-state index is 12.3. The second-order valence-corrected chi connectivity index (χ2v) is 7.09. The Labute approximate surface area is 152 Å². The third kappa shape index (κ3) is 6.04. The molecular formula is C17H13Cl2F3OS. The maximum atomic E-state index is 12.3. The number of hydrogen-bond acceptors (Lipinski definition) is 2. The summed E-state index contributed by atoms with van der Waals surface area (Å²) >= 11 is 12.9. The van der Waals surface area contributed by atoms with E-state index >= 15 is 0 Å². The molecule has 2 aromatic rings. The zero-order valence-electron chi connectivity index (χ0n) is 12.3. The average Bonchev–Trinajstić information content (AvgIpc) is 2.49. The van der Waals surface area contributed by atoms with E-state index in [1.54, 1.807) is 48.5 Å². The molecule has 0 bridgehead atoms. The van der Waals surface area contributed by atoms with Crippen LogP contribution in [-0.4, -0.2) is 17.7 Å². The number of rotatable bonds is 6. The van der Waals surface area contributed by atoms with Crippen molar-refractivity contribution in [2.24, 2.45) is 0 Å². The molecule has 0 unspecified atom stereocenters. The van der Waals surface area contributed by atoms with Crippen LogP contribution in [0, 0.1) is 0 Å². The lowest BCUT2D eigenvalue weighted by Gasteiger charge is -2.18. The molecule has 0 heterocycles. The maximum Gasteiger partial charge on any atom is 0.395 e. The summed E-state index contributed by atoms with van der Waals surface area (Å²) in [5.41, 5.74) is 1.71. The van der Waals surface area contributed by atoms with Gasteiger partial charge in [0.25, 0.3) is 0 Å². The fourth-order valence-corrected chi connectivity index (χ4v) is 3.52. The van der Waals surface area contributed by atoms with E-state index in [9.17, 15) is 18.0 Å². The average molecular weight is 393 g/mol. The molecule has 0 aliphatic rings. The lowest BCUT2D eigenvalue weighted by atomic mass is 10.0. The predicted octanol–water partition coefficient (Wildman–Crippen LogP) is 6.34. The van der Waals surface area contributed by atoms with E-state index in [1.165, 1.54) is 0 Å². The summed E-state index contributed by atoms with van der Waals surface area (Å²) in [5.74, 6) is -1.07. The van der Waals surface area contributed by atoms with Crippen molar-refractivity contribution in [3.8, 4) is 0 Å². The Morgan fingerprint density at radius 1 is 0.917 bits per heavy atom. The Kier molecular flexibility index (Phi) is 6.61. The molecule has 24 heavy (non-hydrogen) atoms. The van der Waals surface area contributed by atoms with E-state index < -0.39 is 18.4 Å². The molecule has 0 aromatic heterocycles. The van der Waals surface area contributed by atoms with E-state index in [1.807, 2.05) is 0 Å². The summed E-state index contributed by atoms with van der Waals surface area (Å²) in [7, 11) is 0. The third-order valence-electron chi connectivity index (χ3n) is 3.15. The van der Waals surface area contributed by atoms with E-state index in [-0.39, 0.29) is 11.0 Å². The highest BCUT2D eigenvalue weighted by Gasteiger charge is 2.31. The number of benzene rings is 2. The lowest BCUT2D eigenvalue weighted by molar-refractivity contribution is -0.150. The minimum absolute atomic E-state index is 0.227. The first-order valence-electron chi connectivity index (χ1n) is 6.95. The molecule has 128 valence electrons. The normalized spacial score (nSPS) is 11.8. The Balaban J connectivity index is 2.18. The van der Waals surface area contributed by atoms with Gasteiger partial charge < -0.3 is 0 Å². The minimum atomic E-state index is -4.48. The molecule has 0 atom stereocenters. The van der Waals surface area contributed by atoms with Crippen LogP contribution < -0.4 is 0 Å². The molecule has 2 aromatic carbocycles. The molecule has 0 aliphatic carbocycles. The molecule has 0 amide bonds. The molecule has 0 radical (unpaired) electrons. The number of halogens is 5. The van der Waals surface area contributed by atoms with Crippen LogP contribution in [0.5, 0.6) is 0 Å². The largest absolute Gasteiger partial charge is 0.395 e.